The first-order chi connectivity index (χ1) is 8.28. The fourth-order valence-corrected chi connectivity index (χ4v) is 4.03. The summed E-state index contributed by atoms with van der Waals surface area (Å²) in [6, 6.07) is 0. The van der Waals surface area contributed by atoms with E-state index >= 15 is 0 Å². The zero-order valence-electron chi connectivity index (χ0n) is 9.91. The molecule has 3 N–H and O–H groups in total. The highest BCUT2D eigenvalue weighted by molar-refractivity contribution is 8.02. The van der Waals surface area contributed by atoms with Crippen molar-refractivity contribution in [3.63, 3.8) is 0 Å². The van der Waals surface area contributed by atoms with Gasteiger partial charge in [-0.2, -0.15) is 0 Å². The van der Waals surface area contributed by atoms with Crippen molar-refractivity contribution in [3.05, 3.63) is 0 Å². The van der Waals surface area contributed by atoms with Gasteiger partial charge >= 0.3 is 5.97 Å². The third-order valence-electron chi connectivity index (χ3n) is 3.14. The minimum absolute atomic E-state index is 0.0701. The maximum Gasteiger partial charge on any atom is 0.342 e. The van der Waals surface area contributed by atoms with Gasteiger partial charge in [-0.25, -0.2) is 4.79 Å². The SMILES string of the molecule is CC(=O)NC1(C(=O)O)CN2C(=O)[C@H](C(C)O)[C@H]2S1. The molecule has 0 saturated carbocycles. The lowest BCUT2D eigenvalue weighted by atomic mass is 9.92. The summed E-state index contributed by atoms with van der Waals surface area (Å²) in [6.45, 7) is 2.66. The van der Waals surface area contributed by atoms with E-state index in [4.69, 9.17) is 0 Å². The van der Waals surface area contributed by atoms with Crippen molar-refractivity contribution in [2.75, 3.05) is 6.54 Å². The van der Waals surface area contributed by atoms with E-state index in [0.717, 1.165) is 11.8 Å². The van der Waals surface area contributed by atoms with Crippen LogP contribution in [-0.2, 0) is 14.4 Å². The van der Waals surface area contributed by atoms with Crippen LogP contribution < -0.4 is 5.32 Å². The number of nitrogens with one attached hydrogen (secondary N) is 1. The molecule has 2 unspecified atom stereocenters. The molecule has 2 rings (SSSR count). The molecule has 0 bridgehead atoms. The van der Waals surface area contributed by atoms with Gasteiger partial charge in [0.15, 0.2) is 0 Å². The molecule has 8 heteroatoms. The molecule has 2 aliphatic heterocycles. The highest BCUT2D eigenvalue weighted by Crippen LogP contribution is 2.49. The zero-order valence-corrected chi connectivity index (χ0v) is 10.7. The van der Waals surface area contributed by atoms with Crippen LogP contribution in [0.5, 0.6) is 0 Å². The predicted octanol–water partition coefficient (Wildman–Crippen LogP) is -1.18. The van der Waals surface area contributed by atoms with Gasteiger partial charge < -0.3 is 20.4 Å². The number of aliphatic carboxylic acids is 1. The first-order valence-electron chi connectivity index (χ1n) is 5.47. The monoisotopic (exact) mass is 274 g/mol. The number of carboxylic acids is 1. The number of carbonyl (C=O) groups is 3. The molecule has 0 aromatic heterocycles. The lowest BCUT2D eigenvalue weighted by Crippen LogP contribution is -2.61. The first kappa shape index (κ1) is 13.2. The van der Waals surface area contributed by atoms with E-state index in [9.17, 15) is 24.6 Å². The minimum Gasteiger partial charge on any atom is -0.479 e. The fourth-order valence-electron chi connectivity index (χ4n) is 2.31. The molecule has 2 fully saturated rings. The molecule has 2 heterocycles. The Morgan fingerprint density at radius 3 is 2.67 bits per heavy atom. The summed E-state index contributed by atoms with van der Waals surface area (Å²) in [5, 5.41) is 20.7. The number of rotatable bonds is 3. The van der Waals surface area contributed by atoms with E-state index in [2.05, 4.69) is 5.32 Å². The molecule has 0 aliphatic carbocycles. The lowest BCUT2D eigenvalue weighted by molar-refractivity contribution is -0.157. The van der Waals surface area contributed by atoms with E-state index in [0.29, 0.717) is 0 Å². The van der Waals surface area contributed by atoms with Gasteiger partial charge in [0.05, 0.1) is 23.9 Å². The third-order valence-corrected chi connectivity index (χ3v) is 4.74. The molecule has 2 aliphatic rings. The van der Waals surface area contributed by atoms with Crippen LogP contribution in [-0.4, -0.2) is 55.8 Å². The van der Waals surface area contributed by atoms with E-state index < -0.39 is 28.8 Å². The van der Waals surface area contributed by atoms with E-state index in [-0.39, 0.29) is 17.8 Å². The molecular formula is C10H14N2O5S. The van der Waals surface area contributed by atoms with Crippen LogP contribution in [0.2, 0.25) is 0 Å². The van der Waals surface area contributed by atoms with Crippen LogP contribution in [0.3, 0.4) is 0 Å². The zero-order chi connectivity index (χ0) is 13.7. The summed E-state index contributed by atoms with van der Waals surface area (Å²) in [4.78, 5) is 34.0. The first-order valence-corrected chi connectivity index (χ1v) is 6.35. The average molecular weight is 274 g/mol. The molecule has 100 valence electrons. The number of hydrogen-bond donors (Lipinski definition) is 3. The molecule has 2 amide bonds. The van der Waals surface area contributed by atoms with Crippen molar-refractivity contribution >= 4 is 29.5 Å². The Bertz CT molecular complexity index is 426. The van der Waals surface area contributed by atoms with E-state index in [1.54, 1.807) is 0 Å². The maximum atomic E-state index is 11.7. The van der Waals surface area contributed by atoms with Gasteiger partial charge in [-0.15, -0.1) is 0 Å². The van der Waals surface area contributed by atoms with Crippen LogP contribution >= 0.6 is 11.8 Å². The van der Waals surface area contributed by atoms with Gasteiger partial charge in [0, 0.05) is 6.92 Å². The summed E-state index contributed by atoms with van der Waals surface area (Å²) in [6.07, 6.45) is -0.826. The van der Waals surface area contributed by atoms with Crippen LogP contribution in [0.25, 0.3) is 0 Å². The molecule has 18 heavy (non-hydrogen) atoms. The normalized spacial score (nSPS) is 35.7. The highest BCUT2D eigenvalue weighted by Gasteiger charge is 2.63. The minimum atomic E-state index is -1.50. The Morgan fingerprint density at radius 2 is 2.22 bits per heavy atom. The van der Waals surface area contributed by atoms with Crippen LogP contribution in [0.15, 0.2) is 0 Å². The van der Waals surface area contributed by atoms with Gasteiger partial charge in [0.2, 0.25) is 16.7 Å². The number of carbonyl (C=O) groups excluding carboxylic acids is 2. The Balaban J connectivity index is 2.22. The molecule has 0 aromatic rings. The number of thioether (sulfide) groups is 1. The highest BCUT2D eigenvalue weighted by atomic mass is 32.2. The summed E-state index contributed by atoms with van der Waals surface area (Å²) >= 11 is 0.998. The lowest BCUT2D eigenvalue weighted by Gasteiger charge is -2.42. The number of fused-ring (bicyclic) bond motifs is 1. The Morgan fingerprint density at radius 1 is 1.61 bits per heavy atom. The Kier molecular flexibility index (Phi) is 3.02. The molecular weight excluding hydrogens is 260 g/mol. The van der Waals surface area contributed by atoms with E-state index in [1.807, 2.05) is 0 Å². The van der Waals surface area contributed by atoms with Gasteiger partial charge in [-0.3, -0.25) is 9.59 Å². The number of nitrogens with zero attached hydrogens (tertiary/aromatic N) is 1. The van der Waals surface area contributed by atoms with Crippen LogP contribution in [0.1, 0.15) is 13.8 Å². The number of aliphatic hydroxyl groups excluding tert-OH is 1. The second kappa shape index (κ2) is 4.13. The van der Waals surface area contributed by atoms with Gasteiger partial charge in [-0.1, -0.05) is 11.8 Å². The molecule has 0 radical (unpaired) electrons. The molecule has 7 nitrogen and oxygen atoms in total. The topological polar surface area (TPSA) is 107 Å². The van der Waals surface area contributed by atoms with Gasteiger partial charge in [-0.05, 0) is 6.92 Å². The summed E-state index contributed by atoms with van der Waals surface area (Å²) < 4.78 is 0. The number of carboxylic acid groups (broad SMARTS) is 1. The maximum absolute atomic E-state index is 11.7. The van der Waals surface area contributed by atoms with Crippen LogP contribution in [0.4, 0.5) is 0 Å². The number of aliphatic hydroxyl groups is 1. The van der Waals surface area contributed by atoms with Gasteiger partial charge in [0.25, 0.3) is 0 Å². The standard InChI is InChI=1S/C10H14N2O5S/c1-4(13)6-7(15)12-3-10(9(16)17,11-5(2)14)18-8(6)12/h4,6,8,13H,3H2,1-2H3,(H,11,14)(H,16,17)/t4?,6-,8+,10?/m0/s1. The molecule has 0 aromatic carbocycles. The number of amides is 2. The van der Waals surface area contributed by atoms with Crippen molar-refractivity contribution in [2.24, 2.45) is 5.92 Å². The summed E-state index contributed by atoms with van der Waals surface area (Å²) in [7, 11) is 0. The third kappa shape index (κ3) is 1.76. The molecule has 4 atom stereocenters. The van der Waals surface area contributed by atoms with Crippen molar-refractivity contribution in [2.45, 2.75) is 30.2 Å². The molecule has 2 saturated heterocycles. The van der Waals surface area contributed by atoms with Crippen LogP contribution in [0, 0.1) is 5.92 Å². The Hall–Kier alpha value is -1.28. The largest absolute Gasteiger partial charge is 0.479 e. The fraction of sp³-hybridized carbons (Fsp3) is 0.700. The van der Waals surface area contributed by atoms with E-state index in [1.165, 1.54) is 18.7 Å². The molecule has 0 spiro atoms. The second-order valence-electron chi connectivity index (χ2n) is 4.55. The quantitative estimate of drug-likeness (QED) is 0.559. The number of hydrogen-bond acceptors (Lipinski definition) is 5. The van der Waals surface area contributed by atoms with Gasteiger partial charge in [0.1, 0.15) is 0 Å². The van der Waals surface area contributed by atoms with Crippen molar-refractivity contribution in [1.29, 1.82) is 0 Å². The van der Waals surface area contributed by atoms with Crippen molar-refractivity contribution in [1.82, 2.24) is 10.2 Å². The van der Waals surface area contributed by atoms with Crippen molar-refractivity contribution < 1.29 is 24.6 Å². The average Bonchev–Trinajstić information content (AvgIpc) is 2.53. The van der Waals surface area contributed by atoms with Crippen molar-refractivity contribution in [3.8, 4) is 0 Å². The summed E-state index contributed by atoms with van der Waals surface area (Å²) in [5.74, 6) is -2.51. The number of β-lactam (4-membered cyclic amide) rings is 1. The predicted molar refractivity (Wildman–Crippen MR) is 62.4 cm³/mol. The smallest absolute Gasteiger partial charge is 0.342 e. The summed E-state index contributed by atoms with van der Waals surface area (Å²) in [5.41, 5.74) is 0. The second-order valence-corrected chi connectivity index (χ2v) is 5.97. The Labute approximate surface area is 108 Å².